The van der Waals surface area contributed by atoms with Crippen LogP contribution in [0.15, 0.2) is 51.2 Å². The van der Waals surface area contributed by atoms with Crippen molar-refractivity contribution in [2.45, 2.75) is 6.92 Å². The lowest BCUT2D eigenvalue weighted by molar-refractivity contribution is -0.104. The number of aldehydes is 1. The molecule has 4 nitrogen and oxygen atoms in total. The number of benzene rings is 1. The molecular formula is C14H12O4. The topological polar surface area (TPSA) is 56.5 Å². The van der Waals surface area contributed by atoms with E-state index in [9.17, 15) is 9.59 Å². The van der Waals surface area contributed by atoms with Crippen molar-refractivity contribution in [3.05, 3.63) is 52.4 Å². The van der Waals surface area contributed by atoms with Gasteiger partial charge in [0.2, 0.25) is 0 Å². The average Bonchev–Trinajstić information content (AvgIpc) is 2.38. The summed E-state index contributed by atoms with van der Waals surface area (Å²) in [6, 6.07) is 8.32. The maximum Gasteiger partial charge on any atom is 0.336 e. The molecule has 0 unspecified atom stereocenters. The van der Waals surface area contributed by atoms with Crippen molar-refractivity contribution < 1.29 is 13.9 Å². The number of allylic oxidation sites excluding steroid dienone is 1. The third kappa shape index (κ3) is 2.85. The molecule has 0 aliphatic heterocycles. The standard InChI is InChI=1S/C14H12O4/c1-10(9-15)6-7-17-12-4-2-11-3-5-14(16)18-13(11)8-12/h2-6,8-9H,7H2,1H3. The van der Waals surface area contributed by atoms with Gasteiger partial charge >= 0.3 is 5.63 Å². The second-order valence-electron chi connectivity index (χ2n) is 3.83. The first kappa shape index (κ1) is 12.1. The van der Waals surface area contributed by atoms with E-state index in [2.05, 4.69) is 0 Å². The highest BCUT2D eigenvalue weighted by Crippen LogP contribution is 2.19. The number of hydrogen-bond donors (Lipinski definition) is 0. The maximum absolute atomic E-state index is 11.1. The van der Waals surface area contributed by atoms with Gasteiger partial charge in [0, 0.05) is 17.5 Å². The van der Waals surface area contributed by atoms with Crippen molar-refractivity contribution in [3.8, 4) is 5.75 Å². The van der Waals surface area contributed by atoms with E-state index < -0.39 is 5.63 Å². The zero-order valence-corrected chi connectivity index (χ0v) is 9.88. The summed E-state index contributed by atoms with van der Waals surface area (Å²) in [6.07, 6.45) is 2.45. The Morgan fingerprint density at radius 1 is 1.33 bits per heavy atom. The van der Waals surface area contributed by atoms with Crippen molar-refractivity contribution in [2.24, 2.45) is 0 Å². The molecule has 0 saturated carbocycles. The van der Waals surface area contributed by atoms with Crippen molar-refractivity contribution in [1.82, 2.24) is 0 Å². The molecule has 0 radical (unpaired) electrons. The van der Waals surface area contributed by atoms with E-state index in [0.29, 0.717) is 23.5 Å². The molecule has 4 heteroatoms. The summed E-state index contributed by atoms with van der Waals surface area (Å²) in [6.45, 7) is 2.00. The van der Waals surface area contributed by atoms with Gasteiger partial charge in [-0.15, -0.1) is 0 Å². The van der Waals surface area contributed by atoms with Gasteiger partial charge in [-0.3, -0.25) is 4.79 Å². The fourth-order valence-corrected chi connectivity index (χ4v) is 1.45. The highest BCUT2D eigenvalue weighted by Gasteiger charge is 1.99. The van der Waals surface area contributed by atoms with Gasteiger partial charge in [0.1, 0.15) is 24.2 Å². The van der Waals surface area contributed by atoms with Crippen LogP contribution >= 0.6 is 0 Å². The molecule has 0 amide bonds. The largest absolute Gasteiger partial charge is 0.489 e. The van der Waals surface area contributed by atoms with Crippen molar-refractivity contribution in [2.75, 3.05) is 6.61 Å². The number of ether oxygens (including phenoxy) is 1. The lowest BCUT2D eigenvalue weighted by Gasteiger charge is -2.04. The smallest absolute Gasteiger partial charge is 0.336 e. The molecule has 92 valence electrons. The van der Waals surface area contributed by atoms with Gasteiger partial charge in [0.25, 0.3) is 0 Å². The third-order valence-electron chi connectivity index (χ3n) is 2.44. The molecule has 0 spiro atoms. The van der Waals surface area contributed by atoms with Crippen LogP contribution in [0.1, 0.15) is 6.92 Å². The number of carbonyl (C=O) groups is 1. The molecule has 1 aromatic carbocycles. The Morgan fingerprint density at radius 3 is 2.89 bits per heavy atom. The monoisotopic (exact) mass is 244 g/mol. The van der Waals surface area contributed by atoms with Crippen molar-refractivity contribution >= 4 is 17.3 Å². The van der Waals surface area contributed by atoms with Crippen LogP contribution in [0.3, 0.4) is 0 Å². The molecule has 0 atom stereocenters. The Bertz CT molecular complexity index is 652. The third-order valence-corrected chi connectivity index (χ3v) is 2.44. The molecule has 1 aromatic heterocycles. The minimum atomic E-state index is -0.392. The van der Waals surface area contributed by atoms with E-state index >= 15 is 0 Å². The quantitative estimate of drug-likeness (QED) is 0.470. The highest BCUT2D eigenvalue weighted by atomic mass is 16.5. The summed E-state index contributed by atoms with van der Waals surface area (Å²) in [5, 5.41) is 0.835. The van der Waals surface area contributed by atoms with Gasteiger partial charge in [-0.05, 0) is 36.8 Å². The van der Waals surface area contributed by atoms with E-state index in [1.54, 1.807) is 31.2 Å². The summed E-state index contributed by atoms with van der Waals surface area (Å²) in [5.41, 5.74) is 0.703. The average molecular weight is 244 g/mol. The molecule has 2 rings (SSSR count). The lowest BCUT2D eigenvalue weighted by atomic mass is 10.2. The Labute approximate surface area is 103 Å². The fraction of sp³-hybridized carbons (Fsp3) is 0.143. The van der Waals surface area contributed by atoms with Crippen LogP contribution in [0.2, 0.25) is 0 Å². The maximum atomic E-state index is 11.1. The summed E-state index contributed by atoms with van der Waals surface area (Å²) >= 11 is 0. The van der Waals surface area contributed by atoms with Crippen LogP contribution in [-0.2, 0) is 4.79 Å². The van der Waals surface area contributed by atoms with Crippen LogP contribution < -0.4 is 10.4 Å². The lowest BCUT2D eigenvalue weighted by Crippen LogP contribution is -1.97. The van der Waals surface area contributed by atoms with Crippen LogP contribution in [0, 0.1) is 0 Å². The summed E-state index contributed by atoms with van der Waals surface area (Å²) in [5.74, 6) is 0.590. The van der Waals surface area contributed by atoms with Gasteiger partial charge in [0.15, 0.2) is 0 Å². The molecular weight excluding hydrogens is 232 g/mol. The molecule has 0 fully saturated rings. The first-order valence-electron chi connectivity index (χ1n) is 5.48. The second kappa shape index (κ2) is 5.31. The first-order valence-corrected chi connectivity index (χ1v) is 5.48. The summed E-state index contributed by atoms with van der Waals surface area (Å²) in [4.78, 5) is 21.5. The molecule has 2 aromatic rings. The molecule has 18 heavy (non-hydrogen) atoms. The number of carbonyl (C=O) groups excluding carboxylic acids is 1. The molecule has 1 heterocycles. The minimum Gasteiger partial charge on any atom is -0.489 e. The molecule has 0 bridgehead atoms. The van der Waals surface area contributed by atoms with Crippen molar-refractivity contribution in [1.29, 1.82) is 0 Å². The minimum absolute atomic E-state index is 0.299. The Balaban J connectivity index is 2.19. The SMILES string of the molecule is CC(C=O)=CCOc1ccc2ccc(=O)oc2c1. The van der Waals surface area contributed by atoms with E-state index in [-0.39, 0.29) is 0 Å². The molecule has 0 saturated heterocycles. The zero-order chi connectivity index (χ0) is 13.0. The van der Waals surface area contributed by atoms with Crippen LogP contribution in [-0.4, -0.2) is 12.9 Å². The van der Waals surface area contributed by atoms with Crippen LogP contribution in [0.5, 0.6) is 5.75 Å². The van der Waals surface area contributed by atoms with E-state index in [1.807, 2.05) is 6.07 Å². The zero-order valence-electron chi connectivity index (χ0n) is 9.88. The van der Waals surface area contributed by atoms with E-state index in [4.69, 9.17) is 9.15 Å². The number of fused-ring (bicyclic) bond motifs is 1. The predicted octanol–water partition coefficient (Wildman–Crippen LogP) is 2.32. The van der Waals surface area contributed by atoms with Crippen molar-refractivity contribution in [3.63, 3.8) is 0 Å². The van der Waals surface area contributed by atoms with E-state index in [1.165, 1.54) is 6.07 Å². The van der Waals surface area contributed by atoms with Crippen LogP contribution in [0.25, 0.3) is 11.0 Å². The number of rotatable bonds is 4. The molecule has 0 aliphatic carbocycles. The Kier molecular flexibility index (Phi) is 3.57. The molecule has 0 N–H and O–H groups in total. The summed E-state index contributed by atoms with van der Waals surface area (Å²) in [7, 11) is 0. The van der Waals surface area contributed by atoms with Crippen LogP contribution in [0.4, 0.5) is 0 Å². The predicted molar refractivity (Wildman–Crippen MR) is 67.8 cm³/mol. The first-order chi connectivity index (χ1) is 8.69. The molecule has 0 aliphatic rings. The Morgan fingerprint density at radius 2 is 2.11 bits per heavy atom. The fourth-order valence-electron chi connectivity index (χ4n) is 1.45. The van der Waals surface area contributed by atoms with Gasteiger partial charge in [-0.25, -0.2) is 4.79 Å². The second-order valence-corrected chi connectivity index (χ2v) is 3.83. The Hall–Kier alpha value is -2.36. The van der Waals surface area contributed by atoms with E-state index in [0.717, 1.165) is 11.7 Å². The normalized spacial score (nSPS) is 11.5. The number of hydrogen-bond acceptors (Lipinski definition) is 4. The van der Waals surface area contributed by atoms with Gasteiger partial charge < -0.3 is 9.15 Å². The van der Waals surface area contributed by atoms with Gasteiger partial charge in [-0.1, -0.05) is 0 Å². The highest BCUT2D eigenvalue weighted by molar-refractivity contribution is 5.77. The summed E-state index contributed by atoms with van der Waals surface area (Å²) < 4.78 is 10.5. The van der Waals surface area contributed by atoms with Gasteiger partial charge in [0.05, 0.1) is 0 Å². The van der Waals surface area contributed by atoms with Gasteiger partial charge in [-0.2, -0.15) is 0 Å².